The molecule has 73 heavy (non-hydrogen) atoms. The van der Waals surface area contributed by atoms with Gasteiger partial charge in [-0.05, 0) is 130 Å². The molecular formula is C63H70Ir2N2O4S2-2. The second kappa shape index (κ2) is 26.3. The van der Waals surface area contributed by atoms with E-state index in [4.69, 9.17) is 20.2 Å². The van der Waals surface area contributed by atoms with Gasteiger partial charge in [-0.2, -0.15) is 0 Å². The van der Waals surface area contributed by atoms with E-state index in [1.165, 1.54) is 120 Å². The molecule has 4 aromatic heterocycles. The first-order valence-corrected chi connectivity index (χ1v) is 25.5. The molecule has 0 aliphatic rings. The van der Waals surface area contributed by atoms with Crippen molar-refractivity contribution in [1.82, 2.24) is 9.97 Å². The zero-order chi connectivity index (χ0) is 52.7. The number of rotatable bonds is 6. The predicted molar refractivity (Wildman–Crippen MR) is 303 cm³/mol. The van der Waals surface area contributed by atoms with E-state index in [0.717, 1.165) is 33.6 Å². The molecule has 0 aliphatic carbocycles. The molecule has 0 fully saturated rings. The fourth-order valence-electron chi connectivity index (χ4n) is 8.30. The summed E-state index contributed by atoms with van der Waals surface area (Å²) in [5, 5.41) is 19.2. The molecular weight excluding hydrogens is 1300 g/mol. The van der Waals surface area contributed by atoms with Crippen molar-refractivity contribution >= 4 is 54.4 Å². The first-order chi connectivity index (χ1) is 33.1. The Morgan fingerprint density at radius 2 is 0.877 bits per heavy atom. The van der Waals surface area contributed by atoms with E-state index < -0.39 is 0 Å². The second-order valence-corrected chi connectivity index (χ2v) is 23.0. The third-order valence-electron chi connectivity index (χ3n) is 11.4. The van der Waals surface area contributed by atoms with Gasteiger partial charge in [0.25, 0.3) is 0 Å². The standard InChI is InChI=1S/C27H28NS.C26H26NS.2C5H8O2.2Ir/c1-16-8-18(3)26(19(4)9-16)24-14-21-13-23(28-15-25(21)29-24)20-10-17(2)11-22(12-20)27(5,6)7;1-16-7-17(2)10-20(9-16)24-14-21-13-23(27-15-25(21)28-24)19-8-18(3)11-22(12-19)26(4,5)6;2*1-4(6)3-5(2)7;;/h8-9,11-15H,1-7H3;7,9-15H,1-6H3;2*3,6H,1-2H3;;/q2*-1;;;;. The summed E-state index contributed by atoms with van der Waals surface area (Å²) in [5.41, 5.74) is 18.6. The molecule has 2 N–H and O–H groups in total. The van der Waals surface area contributed by atoms with Crippen LogP contribution in [0.15, 0.2) is 115 Å². The van der Waals surface area contributed by atoms with Crippen LogP contribution in [0.5, 0.6) is 0 Å². The maximum absolute atomic E-state index is 10.0. The molecule has 0 saturated heterocycles. The first kappa shape index (κ1) is 62.1. The molecule has 8 rings (SSSR count). The van der Waals surface area contributed by atoms with E-state index >= 15 is 0 Å². The summed E-state index contributed by atoms with van der Waals surface area (Å²) in [6, 6.07) is 36.2. The maximum Gasteiger partial charge on any atom is 0.155 e. The third kappa shape index (κ3) is 18.0. The monoisotopic (exact) mass is 1370 g/mol. The van der Waals surface area contributed by atoms with Crippen molar-refractivity contribution in [2.75, 3.05) is 0 Å². The Hall–Kier alpha value is -5.18. The molecule has 8 aromatic rings. The Morgan fingerprint density at radius 1 is 0.507 bits per heavy atom. The van der Waals surface area contributed by atoms with Crippen LogP contribution in [0.1, 0.15) is 119 Å². The number of aliphatic hydroxyl groups is 2. The number of fused-ring (bicyclic) bond motifs is 2. The van der Waals surface area contributed by atoms with Crippen molar-refractivity contribution in [2.24, 2.45) is 0 Å². The summed E-state index contributed by atoms with van der Waals surface area (Å²) in [6.45, 7) is 34.3. The fourth-order valence-corrected chi connectivity index (χ4v) is 10.5. The van der Waals surface area contributed by atoms with Crippen LogP contribution in [-0.4, -0.2) is 31.7 Å². The average Bonchev–Trinajstić information content (AvgIpc) is 3.86. The molecule has 4 heterocycles. The van der Waals surface area contributed by atoms with Crippen LogP contribution in [0.3, 0.4) is 0 Å². The largest absolute Gasteiger partial charge is 0.512 e. The van der Waals surface area contributed by atoms with E-state index in [0.29, 0.717) is 0 Å². The summed E-state index contributed by atoms with van der Waals surface area (Å²) >= 11 is 3.64. The Labute approximate surface area is 469 Å². The molecule has 6 nitrogen and oxygen atoms in total. The number of thiophene rings is 2. The van der Waals surface area contributed by atoms with Crippen LogP contribution in [0, 0.1) is 60.6 Å². The molecule has 10 heteroatoms. The van der Waals surface area contributed by atoms with Gasteiger partial charge >= 0.3 is 0 Å². The molecule has 0 spiro atoms. The predicted octanol–water partition coefficient (Wildman–Crippen LogP) is 17.7. The van der Waals surface area contributed by atoms with Crippen LogP contribution >= 0.6 is 22.7 Å². The normalized spacial score (nSPS) is 11.5. The number of ketones is 2. The summed E-state index contributed by atoms with van der Waals surface area (Å²) in [4.78, 5) is 32.2. The molecule has 0 unspecified atom stereocenters. The van der Waals surface area contributed by atoms with Gasteiger partial charge in [-0.1, -0.05) is 115 Å². The zero-order valence-corrected chi connectivity index (χ0v) is 51.8. The van der Waals surface area contributed by atoms with Crippen molar-refractivity contribution in [3.05, 3.63) is 177 Å². The SMILES string of the molecule is CC(=O)C=C(C)O.CC(=O)C=C(C)O.Cc1[c-]c(-c2cc3cc(-c4c(C)cc(C)cc4C)sc3cn2)cc(C(C)(C)C)c1.Cc1[c-]c(-c2cc3cc(-c4cc(C)cc(C)c4)sc3cn2)cc(C(C)(C)C)c1.[Ir].[Ir]. The molecule has 2 radical (unpaired) electrons. The van der Waals surface area contributed by atoms with E-state index in [9.17, 15) is 9.59 Å². The number of aliphatic hydroxyl groups excluding tert-OH is 2. The number of benzene rings is 4. The van der Waals surface area contributed by atoms with Gasteiger partial charge in [-0.15, -0.1) is 92.5 Å². The number of hydrogen-bond donors (Lipinski definition) is 2. The Bertz CT molecular complexity index is 3230. The second-order valence-electron chi connectivity index (χ2n) is 20.8. The van der Waals surface area contributed by atoms with Crippen LogP contribution in [0.4, 0.5) is 0 Å². The number of hydrogen-bond acceptors (Lipinski definition) is 8. The molecule has 0 bridgehead atoms. The maximum atomic E-state index is 10.0. The number of aryl methyl sites for hydroxylation is 7. The van der Waals surface area contributed by atoms with Gasteiger partial charge in [-0.25, -0.2) is 0 Å². The van der Waals surface area contributed by atoms with Gasteiger partial charge in [-0.3, -0.25) is 9.59 Å². The van der Waals surface area contributed by atoms with Crippen molar-refractivity contribution < 1.29 is 60.0 Å². The van der Waals surface area contributed by atoms with Gasteiger partial charge < -0.3 is 20.2 Å². The number of aromatic nitrogens is 2. The van der Waals surface area contributed by atoms with Crippen LogP contribution < -0.4 is 0 Å². The summed E-state index contributed by atoms with van der Waals surface area (Å²) < 4.78 is 2.45. The minimum absolute atomic E-state index is 0. The quantitative estimate of drug-likeness (QED) is 0.0977. The van der Waals surface area contributed by atoms with Gasteiger partial charge in [0.2, 0.25) is 0 Å². The average molecular weight is 1370 g/mol. The van der Waals surface area contributed by atoms with Crippen molar-refractivity contribution in [2.45, 2.75) is 129 Å². The molecule has 388 valence electrons. The topological polar surface area (TPSA) is 100 Å². The summed E-state index contributed by atoms with van der Waals surface area (Å²) in [5.74, 6) is -0.125. The van der Waals surface area contributed by atoms with Gasteiger partial charge in [0.1, 0.15) is 0 Å². The summed E-state index contributed by atoms with van der Waals surface area (Å²) in [7, 11) is 0. The van der Waals surface area contributed by atoms with Crippen LogP contribution in [0.25, 0.3) is 63.6 Å². The minimum atomic E-state index is -0.125. The van der Waals surface area contributed by atoms with E-state index in [2.05, 4.69) is 181 Å². The number of pyridine rings is 2. The molecule has 0 aliphatic heterocycles. The fraction of sp³-hybridized carbons (Fsp3) is 0.302. The first-order valence-electron chi connectivity index (χ1n) is 23.9. The Morgan fingerprint density at radius 3 is 1.23 bits per heavy atom. The van der Waals surface area contributed by atoms with E-state index in [1.54, 1.807) is 0 Å². The molecule has 0 saturated carbocycles. The number of carbonyl (C=O) groups excluding carboxylic acids is 2. The van der Waals surface area contributed by atoms with Crippen molar-refractivity contribution in [1.29, 1.82) is 0 Å². The number of allylic oxidation sites excluding steroid dienone is 4. The third-order valence-corrected chi connectivity index (χ3v) is 13.6. The number of nitrogens with zero attached hydrogens (tertiary/aromatic N) is 2. The van der Waals surface area contributed by atoms with E-state index in [-0.39, 0.29) is 74.1 Å². The van der Waals surface area contributed by atoms with Crippen LogP contribution in [-0.2, 0) is 60.6 Å². The van der Waals surface area contributed by atoms with E-state index in [1.807, 2.05) is 35.1 Å². The minimum Gasteiger partial charge on any atom is -0.512 e. The van der Waals surface area contributed by atoms with Gasteiger partial charge in [0.15, 0.2) is 11.6 Å². The van der Waals surface area contributed by atoms with Gasteiger partial charge in [0, 0.05) is 74.5 Å². The molecule has 4 aromatic carbocycles. The number of carbonyl (C=O) groups is 2. The zero-order valence-electron chi connectivity index (χ0n) is 45.4. The van der Waals surface area contributed by atoms with Crippen molar-refractivity contribution in [3.8, 4) is 43.4 Å². The van der Waals surface area contributed by atoms with Gasteiger partial charge in [0.05, 0.1) is 20.9 Å². The molecule has 0 amide bonds. The smallest absolute Gasteiger partial charge is 0.155 e. The Kier molecular flexibility index (Phi) is 22.4. The van der Waals surface area contributed by atoms with Crippen molar-refractivity contribution in [3.63, 3.8) is 0 Å². The van der Waals surface area contributed by atoms with Crippen LogP contribution in [0.2, 0.25) is 0 Å². The summed E-state index contributed by atoms with van der Waals surface area (Å²) in [6.07, 6.45) is 6.36. The molecule has 0 atom stereocenters. The Balaban J connectivity index is 0.000000300.